The highest BCUT2D eigenvalue weighted by Crippen LogP contribution is 2.20. The van der Waals surface area contributed by atoms with Gasteiger partial charge in [0.05, 0.1) is 12.4 Å². The van der Waals surface area contributed by atoms with Crippen LogP contribution in [0.3, 0.4) is 0 Å². The lowest BCUT2D eigenvalue weighted by molar-refractivity contribution is 0.0483. The molecule has 2 rings (SSSR count). The van der Waals surface area contributed by atoms with E-state index in [1.165, 1.54) is 22.7 Å². The van der Waals surface area contributed by atoms with Gasteiger partial charge in [0.2, 0.25) is 10.9 Å². The van der Waals surface area contributed by atoms with Crippen molar-refractivity contribution >= 4 is 25.8 Å². The number of sulfone groups is 1. The Bertz CT molecular complexity index is 806. The Labute approximate surface area is 147 Å². The first-order valence-electron chi connectivity index (χ1n) is 7.80. The maximum atomic E-state index is 12.6. The zero-order chi connectivity index (χ0) is 18.7. The zero-order valence-electron chi connectivity index (χ0n) is 14.2. The van der Waals surface area contributed by atoms with Crippen molar-refractivity contribution in [3.05, 3.63) is 17.9 Å². The van der Waals surface area contributed by atoms with Crippen LogP contribution in [0.15, 0.2) is 21.6 Å². The van der Waals surface area contributed by atoms with Crippen molar-refractivity contribution in [1.29, 1.82) is 0 Å². The minimum absolute atomic E-state index is 0.0425. The van der Waals surface area contributed by atoms with Gasteiger partial charge in [-0.25, -0.2) is 21.6 Å². The highest BCUT2D eigenvalue weighted by Gasteiger charge is 2.31. The number of nitrogens with zero attached hydrogens (tertiary/aromatic N) is 2. The third-order valence-corrected chi connectivity index (χ3v) is 6.46. The van der Waals surface area contributed by atoms with Gasteiger partial charge >= 0.3 is 5.97 Å². The number of ether oxygens (including phenoxy) is 1. The molecule has 1 aliphatic rings. The van der Waals surface area contributed by atoms with Crippen LogP contribution in [0.4, 0.5) is 0 Å². The summed E-state index contributed by atoms with van der Waals surface area (Å²) in [5.74, 6) is -0.831. The van der Waals surface area contributed by atoms with Gasteiger partial charge < -0.3 is 9.15 Å². The molecule has 1 aromatic heterocycles. The third-order valence-electron chi connectivity index (χ3n) is 3.76. The Morgan fingerprint density at radius 1 is 1.16 bits per heavy atom. The minimum Gasteiger partial charge on any atom is -0.460 e. The van der Waals surface area contributed by atoms with Gasteiger partial charge in [0, 0.05) is 39.0 Å². The predicted octanol–water partition coefficient (Wildman–Crippen LogP) is -0.193. The van der Waals surface area contributed by atoms with Crippen LogP contribution in [0.1, 0.15) is 17.5 Å². The van der Waals surface area contributed by atoms with Crippen LogP contribution in [0.2, 0.25) is 0 Å². The molecule has 142 valence electrons. The molecule has 9 nitrogen and oxygen atoms in total. The van der Waals surface area contributed by atoms with Gasteiger partial charge in [-0.15, -0.1) is 0 Å². The minimum atomic E-state index is -3.84. The van der Waals surface area contributed by atoms with Gasteiger partial charge in [-0.05, 0) is 19.1 Å². The molecule has 0 aromatic carbocycles. The number of hydrogen-bond acceptors (Lipinski definition) is 8. The van der Waals surface area contributed by atoms with Crippen LogP contribution in [0.5, 0.6) is 0 Å². The number of sulfonamides is 1. The molecule has 0 aliphatic carbocycles. The SMILES string of the molecule is CCOC(=O)c1ccc(S(=O)(=O)N2CCN(CCS(C)(=O)=O)CC2)o1. The Kier molecular flexibility index (Phi) is 6.25. The van der Waals surface area contributed by atoms with Crippen molar-refractivity contribution in [2.75, 3.05) is 51.3 Å². The van der Waals surface area contributed by atoms with Crippen LogP contribution in [0, 0.1) is 0 Å². The van der Waals surface area contributed by atoms with Crippen LogP contribution in [0.25, 0.3) is 0 Å². The molecular weight excluding hydrogens is 372 g/mol. The summed E-state index contributed by atoms with van der Waals surface area (Å²) in [5.41, 5.74) is 0. The molecule has 1 aliphatic heterocycles. The standard InChI is InChI=1S/C14H22N2O7S2/c1-3-22-14(17)12-4-5-13(23-12)25(20,21)16-8-6-15(7-9-16)10-11-24(2,18)19/h4-5H,3,6-11H2,1-2H3. The summed E-state index contributed by atoms with van der Waals surface area (Å²) >= 11 is 0. The van der Waals surface area contributed by atoms with E-state index in [4.69, 9.17) is 9.15 Å². The molecule has 2 heterocycles. The Morgan fingerprint density at radius 2 is 1.80 bits per heavy atom. The van der Waals surface area contributed by atoms with Crippen molar-refractivity contribution in [3.8, 4) is 0 Å². The van der Waals surface area contributed by atoms with E-state index in [1.54, 1.807) is 6.92 Å². The number of piperazine rings is 1. The topological polar surface area (TPSA) is 114 Å². The van der Waals surface area contributed by atoms with Crippen molar-refractivity contribution in [2.45, 2.75) is 12.0 Å². The van der Waals surface area contributed by atoms with Gasteiger partial charge in [0.25, 0.3) is 10.0 Å². The Balaban J connectivity index is 1.99. The number of rotatable bonds is 7. The average molecular weight is 394 g/mol. The molecular formula is C14H22N2O7S2. The van der Waals surface area contributed by atoms with E-state index < -0.39 is 25.8 Å². The second-order valence-corrected chi connectivity index (χ2v) is 9.84. The van der Waals surface area contributed by atoms with Gasteiger partial charge in [-0.3, -0.25) is 4.90 Å². The average Bonchev–Trinajstić information content (AvgIpc) is 3.04. The van der Waals surface area contributed by atoms with Crippen LogP contribution in [-0.2, 0) is 24.6 Å². The normalized spacial score (nSPS) is 17.5. The lowest BCUT2D eigenvalue weighted by Crippen LogP contribution is -2.49. The number of hydrogen-bond donors (Lipinski definition) is 0. The van der Waals surface area contributed by atoms with Crippen molar-refractivity contribution in [2.24, 2.45) is 0 Å². The summed E-state index contributed by atoms with van der Waals surface area (Å²) in [6.45, 7) is 3.49. The molecule has 0 atom stereocenters. The Morgan fingerprint density at radius 3 is 2.36 bits per heavy atom. The molecule has 0 saturated carbocycles. The van der Waals surface area contributed by atoms with Gasteiger partial charge in [0.1, 0.15) is 9.84 Å². The molecule has 1 fully saturated rings. The molecule has 25 heavy (non-hydrogen) atoms. The van der Waals surface area contributed by atoms with Crippen LogP contribution in [-0.4, -0.2) is 83.3 Å². The molecule has 1 saturated heterocycles. The second-order valence-electron chi connectivity index (χ2n) is 5.71. The van der Waals surface area contributed by atoms with Crippen LogP contribution >= 0.6 is 0 Å². The van der Waals surface area contributed by atoms with Crippen molar-refractivity contribution < 1.29 is 30.8 Å². The molecule has 0 amide bonds. The van der Waals surface area contributed by atoms with Gasteiger partial charge in [-0.2, -0.15) is 4.31 Å². The smallest absolute Gasteiger partial charge is 0.374 e. The number of carbonyl (C=O) groups is 1. The summed E-state index contributed by atoms with van der Waals surface area (Å²) in [6.07, 6.45) is 1.17. The molecule has 1 aromatic rings. The zero-order valence-corrected chi connectivity index (χ0v) is 15.8. The van der Waals surface area contributed by atoms with Crippen LogP contribution < -0.4 is 0 Å². The number of carbonyl (C=O) groups excluding carboxylic acids is 1. The maximum absolute atomic E-state index is 12.6. The first-order valence-corrected chi connectivity index (χ1v) is 11.3. The van der Waals surface area contributed by atoms with E-state index in [-0.39, 0.29) is 36.3 Å². The lowest BCUT2D eigenvalue weighted by Gasteiger charge is -2.33. The molecule has 0 spiro atoms. The molecule has 0 bridgehead atoms. The molecule has 0 N–H and O–H groups in total. The van der Waals surface area contributed by atoms with E-state index in [1.807, 2.05) is 4.90 Å². The lowest BCUT2D eigenvalue weighted by atomic mass is 10.4. The second kappa shape index (κ2) is 7.85. The highest BCUT2D eigenvalue weighted by molar-refractivity contribution is 7.90. The summed E-state index contributed by atoms with van der Waals surface area (Å²) in [6, 6.07) is 2.50. The summed E-state index contributed by atoms with van der Waals surface area (Å²) < 4.78 is 58.7. The predicted molar refractivity (Wildman–Crippen MR) is 89.6 cm³/mol. The first-order chi connectivity index (χ1) is 11.6. The maximum Gasteiger partial charge on any atom is 0.374 e. The highest BCUT2D eigenvalue weighted by atomic mass is 32.2. The fourth-order valence-electron chi connectivity index (χ4n) is 2.39. The van der Waals surface area contributed by atoms with Crippen molar-refractivity contribution in [3.63, 3.8) is 0 Å². The number of esters is 1. The largest absolute Gasteiger partial charge is 0.460 e. The van der Waals surface area contributed by atoms with E-state index in [2.05, 4.69) is 0 Å². The molecule has 11 heteroatoms. The van der Waals surface area contributed by atoms with E-state index in [0.29, 0.717) is 19.6 Å². The summed E-state index contributed by atoms with van der Waals surface area (Å²) in [7, 11) is -6.89. The van der Waals surface area contributed by atoms with Gasteiger partial charge in [0.15, 0.2) is 0 Å². The van der Waals surface area contributed by atoms with Gasteiger partial charge in [-0.1, -0.05) is 0 Å². The first kappa shape index (κ1) is 19.9. The monoisotopic (exact) mass is 394 g/mol. The van der Waals surface area contributed by atoms with Crippen molar-refractivity contribution in [1.82, 2.24) is 9.21 Å². The number of furan rings is 1. The molecule has 0 unspecified atom stereocenters. The summed E-state index contributed by atoms with van der Waals surface area (Å²) in [5, 5.41) is -0.305. The summed E-state index contributed by atoms with van der Waals surface area (Å²) in [4.78, 5) is 13.5. The third kappa shape index (κ3) is 5.27. The van der Waals surface area contributed by atoms with E-state index >= 15 is 0 Å². The van der Waals surface area contributed by atoms with E-state index in [0.717, 1.165) is 0 Å². The molecule has 0 radical (unpaired) electrons. The quantitative estimate of drug-likeness (QED) is 0.585. The Hall–Kier alpha value is -1.43. The fraction of sp³-hybridized carbons (Fsp3) is 0.643. The fourth-order valence-corrected chi connectivity index (χ4v) is 4.31. The van der Waals surface area contributed by atoms with E-state index in [9.17, 15) is 21.6 Å².